The van der Waals surface area contributed by atoms with Gasteiger partial charge in [-0.05, 0) is 56.2 Å². The maximum atomic E-state index is 9.52. The minimum absolute atomic E-state index is 0.212. The predicted molar refractivity (Wildman–Crippen MR) is 92.3 cm³/mol. The quantitative estimate of drug-likeness (QED) is 0.581. The zero-order valence-electron chi connectivity index (χ0n) is 14.3. The molecule has 1 aromatic rings. The average Bonchev–Trinajstić information content (AvgIpc) is 2.46. The number of hydrogen-bond acceptors (Lipinski definition) is 3. The Bertz CT molecular complexity index is 453. The second-order valence-electron chi connectivity index (χ2n) is 7.11. The van der Waals surface area contributed by atoms with Crippen LogP contribution in [-0.4, -0.2) is 10.2 Å². The largest absolute Gasteiger partial charge is 0.487 e. The minimum atomic E-state index is -0.212. The van der Waals surface area contributed by atoms with E-state index in [1.54, 1.807) is 0 Å². The van der Waals surface area contributed by atoms with Crippen molar-refractivity contribution >= 4 is 12.0 Å². The van der Waals surface area contributed by atoms with Crippen molar-refractivity contribution in [1.29, 1.82) is 0 Å². The highest BCUT2D eigenvalue weighted by atomic mass is 32.2. The van der Waals surface area contributed by atoms with E-state index in [2.05, 4.69) is 53.7 Å². The van der Waals surface area contributed by atoms with Gasteiger partial charge in [0.1, 0.15) is 11.4 Å². The Morgan fingerprint density at radius 2 is 1.76 bits per heavy atom. The topological polar surface area (TPSA) is 29.5 Å². The van der Waals surface area contributed by atoms with Crippen LogP contribution < -0.4 is 4.74 Å². The van der Waals surface area contributed by atoms with E-state index in [1.807, 2.05) is 6.07 Å². The minimum Gasteiger partial charge on any atom is -0.487 e. The molecule has 0 saturated heterocycles. The van der Waals surface area contributed by atoms with Gasteiger partial charge in [0.05, 0.1) is 4.90 Å². The number of rotatable bonds is 8. The van der Waals surface area contributed by atoms with Crippen LogP contribution in [0.2, 0.25) is 0 Å². The summed E-state index contributed by atoms with van der Waals surface area (Å²) in [5.74, 6) is 0.771. The molecule has 1 rings (SSSR count). The molecule has 2 nitrogen and oxygen atoms in total. The van der Waals surface area contributed by atoms with E-state index in [0.29, 0.717) is 5.41 Å². The Kier molecular flexibility index (Phi) is 6.61. The summed E-state index contributed by atoms with van der Waals surface area (Å²) >= 11 is 0.775. The molecule has 0 aliphatic heterocycles. The Morgan fingerprint density at radius 3 is 2.29 bits per heavy atom. The monoisotopic (exact) mass is 310 g/mol. The summed E-state index contributed by atoms with van der Waals surface area (Å²) in [6.07, 6.45) is 4.29. The van der Waals surface area contributed by atoms with Gasteiger partial charge in [0.15, 0.2) is 0 Å². The second-order valence-corrected chi connectivity index (χ2v) is 7.73. The van der Waals surface area contributed by atoms with Gasteiger partial charge in [0, 0.05) is 12.0 Å². The van der Waals surface area contributed by atoms with Crippen molar-refractivity contribution in [2.75, 3.05) is 0 Å². The second kappa shape index (κ2) is 7.55. The smallest absolute Gasteiger partial charge is 0.135 e. The van der Waals surface area contributed by atoms with Gasteiger partial charge in [0.2, 0.25) is 0 Å². The van der Waals surface area contributed by atoms with Gasteiger partial charge in [0.25, 0.3) is 0 Å². The van der Waals surface area contributed by atoms with Crippen LogP contribution >= 0.6 is 12.0 Å². The molecular formula is C18H30O2S. The summed E-state index contributed by atoms with van der Waals surface area (Å²) < 4.78 is 15.5. The van der Waals surface area contributed by atoms with Gasteiger partial charge in [-0.25, -0.2) is 0 Å². The maximum absolute atomic E-state index is 9.52. The van der Waals surface area contributed by atoms with E-state index < -0.39 is 0 Å². The van der Waals surface area contributed by atoms with Crippen molar-refractivity contribution in [1.82, 2.24) is 0 Å². The molecule has 3 heteroatoms. The summed E-state index contributed by atoms with van der Waals surface area (Å²) in [7, 11) is 0. The van der Waals surface area contributed by atoms with Crippen molar-refractivity contribution in [3.8, 4) is 5.75 Å². The van der Waals surface area contributed by atoms with Crippen molar-refractivity contribution in [2.45, 2.75) is 77.7 Å². The normalized spacial score (nSPS) is 12.5. The maximum Gasteiger partial charge on any atom is 0.135 e. The van der Waals surface area contributed by atoms with Crippen molar-refractivity contribution in [2.24, 2.45) is 5.41 Å². The molecular weight excluding hydrogens is 280 g/mol. The number of ether oxygens (including phenoxy) is 1. The lowest BCUT2D eigenvalue weighted by Gasteiger charge is -2.26. The third kappa shape index (κ3) is 5.91. The third-order valence-corrected chi connectivity index (χ3v) is 4.91. The van der Waals surface area contributed by atoms with Crippen LogP contribution in [0, 0.1) is 5.41 Å². The highest BCUT2D eigenvalue weighted by Crippen LogP contribution is 2.33. The molecule has 0 aromatic heterocycles. The predicted octanol–water partition coefficient (Wildman–Crippen LogP) is 6.19. The molecule has 0 bridgehead atoms. The molecule has 0 fully saturated rings. The number of aryl methyl sites for hydroxylation is 1. The SMILES string of the molecule is CCC(C)(C)CCc1ccc(OC(C)(C)CC)c(SO)c1. The van der Waals surface area contributed by atoms with E-state index in [1.165, 1.54) is 12.0 Å². The lowest BCUT2D eigenvalue weighted by atomic mass is 9.84. The summed E-state index contributed by atoms with van der Waals surface area (Å²) in [5.41, 5.74) is 1.41. The van der Waals surface area contributed by atoms with E-state index >= 15 is 0 Å². The van der Waals surface area contributed by atoms with E-state index in [0.717, 1.165) is 42.0 Å². The number of benzene rings is 1. The first-order valence-electron chi connectivity index (χ1n) is 7.86. The molecule has 0 amide bonds. The van der Waals surface area contributed by atoms with Gasteiger partial charge in [-0.15, -0.1) is 0 Å². The molecule has 0 spiro atoms. The van der Waals surface area contributed by atoms with Crippen LogP contribution in [0.5, 0.6) is 5.75 Å². The molecule has 0 aliphatic rings. The first-order chi connectivity index (χ1) is 9.73. The zero-order chi connectivity index (χ0) is 16.1. The molecule has 0 unspecified atom stereocenters. The molecule has 120 valence electrons. The van der Waals surface area contributed by atoms with Crippen molar-refractivity contribution < 1.29 is 9.29 Å². The fourth-order valence-corrected chi connectivity index (χ4v) is 2.30. The van der Waals surface area contributed by atoms with E-state index in [9.17, 15) is 4.55 Å². The Labute approximate surface area is 134 Å². The van der Waals surface area contributed by atoms with Gasteiger partial charge in [-0.2, -0.15) is 0 Å². The highest BCUT2D eigenvalue weighted by Gasteiger charge is 2.20. The number of hydrogen-bond donors (Lipinski definition) is 1. The molecule has 0 atom stereocenters. The molecule has 1 aromatic carbocycles. The van der Waals surface area contributed by atoms with E-state index in [4.69, 9.17) is 4.74 Å². The summed E-state index contributed by atoms with van der Waals surface area (Å²) in [4.78, 5) is 0.809. The van der Waals surface area contributed by atoms with Gasteiger partial charge in [-0.3, -0.25) is 0 Å². The Hall–Kier alpha value is -0.670. The molecule has 21 heavy (non-hydrogen) atoms. The highest BCUT2D eigenvalue weighted by molar-refractivity contribution is 7.93. The Balaban J connectivity index is 2.84. The van der Waals surface area contributed by atoms with Crippen LogP contribution in [0.4, 0.5) is 0 Å². The standard InChI is InChI=1S/C18H30O2S/c1-7-17(3,4)12-11-14-9-10-15(16(13-14)21-19)20-18(5,6)8-2/h9-10,13,19H,7-8,11-12H2,1-6H3. The van der Waals surface area contributed by atoms with Crippen LogP contribution in [0.1, 0.15) is 66.4 Å². The lowest BCUT2D eigenvalue weighted by Crippen LogP contribution is -2.27. The van der Waals surface area contributed by atoms with Crippen molar-refractivity contribution in [3.05, 3.63) is 23.8 Å². The fraction of sp³-hybridized carbons (Fsp3) is 0.667. The van der Waals surface area contributed by atoms with E-state index in [-0.39, 0.29) is 5.60 Å². The van der Waals surface area contributed by atoms with Crippen LogP contribution in [0.3, 0.4) is 0 Å². The molecule has 0 heterocycles. The molecule has 0 saturated carbocycles. The summed E-state index contributed by atoms with van der Waals surface area (Å²) in [6, 6.07) is 6.16. The zero-order valence-corrected chi connectivity index (χ0v) is 15.1. The molecule has 0 radical (unpaired) electrons. The van der Waals surface area contributed by atoms with Crippen LogP contribution in [0.15, 0.2) is 23.1 Å². The first-order valence-corrected chi connectivity index (χ1v) is 8.63. The Morgan fingerprint density at radius 1 is 1.10 bits per heavy atom. The fourth-order valence-electron chi connectivity index (χ4n) is 1.89. The van der Waals surface area contributed by atoms with Gasteiger partial charge >= 0.3 is 0 Å². The summed E-state index contributed by atoms with van der Waals surface area (Å²) in [5, 5.41) is 0. The third-order valence-electron chi connectivity index (χ3n) is 4.39. The van der Waals surface area contributed by atoms with Crippen LogP contribution in [0.25, 0.3) is 0 Å². The molecule has 1 N–H and O–H groups in total. The average molecular weight is 311 g/mol. The first kappa shape index (κ1) is 18.4. The lowest BCUT2D eigenvalue weighted by molar-refractivity contribution is 0.101. The van der Waals surface area contributed by atoms with Crippen LogP contribution in [-0.2, 0) is 6.42 Å². The summed E-state index contributed by atoms with van der Waals surface area (Å²) in [6.45, 7) is 13.1. The van der Waals surface area contributed by atoms with Gasteiger partial charge in [-0.1, -0.05) is 40.2 Å². The van der Waals surface area contributed by atoms with Gasteiger partial charge < -0.3 is 9.29 Å². The molecule has 0 aliphatic carbocycles. The van der Waals surface area contributed by atoms with Crippen molar-refractivity contribution in [3.63, 3.8) is 0 Å².